The van der Waals surface area contributed by atoms with Crippen molar-refractivity contribution in [3.05, 3.63) is 134 Å². The molecule has 396 valence electrons. The number of hydrogen-bond acceptors (Lipinski definition) is 5. The van der Waals surface area contributed by atoms with Crippen molar-refractivity contribution in [2.45, 2.75) is 251 Å². The first-order valence-corrected chi connectivity index (χ1v) is 28.4. The van der Waals surface area contributed by atoms with Gasteiger partial charge in [0.15, 0.2) is 0 Å². The highest BCUT2D eigenvalue weighted by atomic mass is 16.5. The predicted octanol–water partition coefficient (Wildman–Crippen LogP) is 17.8. The minimum Gasteiger partial charge on any atom is -0.458 e. The molecule has 0 aromatic carbocycles. The van der Waals surface area contributed by atoms with Crippen LogP contribution in [-0.2, 0) is 14.3 Å². The van der Waals surface area contributed by atoms with Crippen LogP contribution in [0.15, 0.2) is 134 Å². The molecule has 0 saturated heterocycles. The van der Waals surface area contributed by atoms with E-state index in [9.17, 15) is 19.8 Å². The predicted molar refractivity (Wildman–Crippen MR) is 305 cm³/mol. The summed E-state index contributed by atoms with van der Waals surface area (Å²) in [5.41, 5.74) is 0. The Hall–Kier alpha value is -4.00. The van der Waals surface area contributed by atoms with Crippen molar-refractivity contribution in [1.82, 2.24) is 5.32 Å². The average molecular weight is 969 g/mol. The van der Waals surface area contributed by atoms with Gasteiger partial charge in [-0.15, -0.1) is 0 Å². The fourth-order valence-corrected chi connectivity index (χ4v) is 7.76. The van der Waals surface area contributed by atoms with E-state index in [0.29, 0.717) is 19.3 Å². The van der Waals surface area contributed by atoms with Gasteiger partial charge in [-0.25, -0.2) is 0 Å². The maximum absolute atomic E-state index is 13.2. The minimum atomic E-state index is -0.840. The van der Waals surface area contributed by atoms with Crippen LogP contribution in [0.3, 0.4) is 0 Å². The van der Waals surface area contributed by atoms with Crippen molar-refractivity contribution in [3.63, 3.8) is 0 Å². The van der Waals surface area contributed by atoms with Crippen LogP contribution in [0, 0.1) is 0 Å². The topological polar surface area (TPSA) is 95.9 Å². The lowest BCUT2D eigenvalue weighted by atomic mass is 10.0. The third kappa shape index (κ3) is 50.4. The summed E-state index contributed by atoms with van der Waals surface area (Å²) in [5, 5.41) is 23.8. The number of allylic oxidation sites excluding steroid dienone is 21. The summed E-state index contributed by atoms with van der Waals surface area (Å²) in [4.78, 5) is 26.2. The van der Waals surface area contributed by atoms with Gasteiger partial charge < -0.3 is 20.3 Å². The molecule has 0 aliphatic carbocycles. The molecule has 3 N–H and O–H groups in total. The Morgan fingerprint density at radius 3 is 1.16 bits per heavy atom. The van der Waals surface area contributed by atoms with Crippen LogP contribution in [0.4, 0.5) is 0 Å². The Bertz CT molecular complexity index is 1510. The largest absolute Gasteiger partial charge is 0.458 e. The van der Waals surface area contributed by atoms with Crippen molar-refractivity contribution in [3.8, 4) is 0 Å². The van der Waals surface area contributed by atoms with E-state index < -0.39 is 18.2 Å². The molecule has 0 rings (SSSR count). The quantitative estimate of drug-likeness (QED) is 0.0321. The van der Waals surface area contributed by atoms with Gasteiger partial charge in [-0.05, 0) is 96.0 Å². The fraction of sp³-hybridized carbons (Fsp3) is 0.625. The maximum atomic E-state index is 13.2. The zero-order valence-corrected chi connectivity index (χ0v) is 45.1. The van der Waals surface area contributed by atoms with E-state index in [1.807, 2.05) is 6.08 Å². The van der Waals surface area contributed by atoms with Crippen LogP contribution < -0.4 is 5.32 Å². The highest BCUT2D eigenvalue weighted by molar-refractivity contribution is 5.78. The van der Waals surface area contributed by atoms with E-state index in [2.05, 4.69) is 148 Å². The van der Waals surface area contributed by atoms with E-state index in [-0.39, 0.29) is 31.3 Å². The smallest absolute Gasteiger partial charge is 0.306 e. The van der Waals surface area contributed by atoms with Gasteiger partial charge in [-0.3, -0.25) is 9.59 Å². The van der Waals surface area contributed by atoms with E-state index in [1.165, 1.54) is 89.9 Å². The van der Waals surface area contributed by atoms with Gasteiger partial charge in [0.25, 0.3) is 0 Å². The number of amides is 1. The van der Waals surface area contributed by atoms with Crippen molar-refractivity contribution in [1.29, 1.82) is 0 Å². The number of carbonyl (C=O) groups is 2. The van der Waals surface area contributed by atoms with Crippen LogP contribution in [0.2, 0.25) is 0 Å². The molecule has 0 heterocycles. The fourth-order valence-electron chi connectivity index (χ4n) is 7.76. The lowest BCUT2D eigenvalue weighted by Gasteiger charge is -2.23. The molecule has 0 radical (unpaired) electrons. The van der Waals surface area contributed by atoms with E-state index in [4.69, 9.17) is 4.74 Å². The van der Waals surface area contributed by atoms with E-state index in [1.54, 1.807) is 6.08 Å². The molecule has 0 saturated carbocycles. The third-order valence-electron chi connectivity index (χ3n) is 12.0. The molecule has 0 aromatic heterocycles. The first kappa shape index (κ1) is 66.0. The molecule has 0 spiro atoms. The minimum absolute atomic E-state index is 0.0784. The van der Waals surface area contributed by atoms with Gasteiger partial charge in [0.2, 0.25) is 5.91 Å². The van der Waals surface area contributed by atoms with Gasteiger partial charge in [0, 0.05) is 6.42 Å². The van der Waals surface area contributed by atoms with Gasteiger partial charge in [-0.2, -0.15) is 0 Å². The summed E-state index contributed by atoms with van der Waals surface area (Å²) >= 11 is 0. The number of rotatable bonds is 49. The zero-order chi connectivity index (χ0) is 50.9. The second-order valence-electron chi connectivity index (χ2n) is 18.6. The third-order valence-corrected chi connectivity index (χ3v) is 12.0. The first-order chi connectivity index (χ1) is 34.5. The number of hydrogen-bond donors (Lipinski definition) is 3. The summed E-state index contributed by atoms with van der Waals surface area (Å²) in [5.74, 6) is -0.709. The molecule has 0 fully saturated rings. The SMILES string of the molecule is CC/C=C\C/C=C\C/C=C\C/C=C\C/C=C\C/C=C\C(CC(=O)NC(CO)C(O)CCCCCCCCCCCCCCCCCCC)OC(=O)CCC/C=C\C/C=C\C/C=C\C/C=C\C/C=C\CC. The van der Waals surface area contributed by atoms with E-state index in [0.717, 1.165) is 89.9 Å². The summed E-state index contributed by atoms with van der Waals surface area (Å²) in [6.45, 7) is 6.21. The van der Waals surface area contributed by atoms with Crippen molar-refractivity contribution >= 4 is 11.9 Å². The second kappa shape index (κ2) is 55.9. The number of aliphatic hydroxyl groups is 2. The Morgan fingerprint density at radius 1 is 0.443 bits per heavy atom. The lowest BCUT2D eigenvalue weighted by Crippen LogP contribution is -2.46. The molecule has 1 amide bonds. The molecule has 0 bridgehead atoms. The van der Waals surface area contributed by atoms with Crippen LogP contribution in [0.25, 0.3) is 0 Å². The number of carbonyl (C=O) groups excluding carboxylic acids is 2. The summed E-state index contributed by atoms with van der Waals surface area (Å²) in [6.07, 6.45) is 79.8. The second-order valence-corrected chi connectivity index (χ2v) is 18.6. The zero-order valence-electron chi connectivity index (χ0n) is 45.1. The Morgan fingerprint density at radius 2 is 0.786 bits per heavy atom. The number of esters is 1. The standard InChI is InChI=1S/C64H105NO5/c1-4-7-10-13-16-19-22-25-28-31-34-37-40-43-46-49-52-55-60(70-64(69)57-54-51-48-45-42-39-36-33-30-27-24-21-18-15-12-9-6-3)58-63(68)65-61(59-66)62(67)56-53-50-47-44-41-38-35-32-29-26-23-20-17-14-11-8-5-2/h7,9-10,12,16,18-19,21,25,27-28,30,34,36-37,39,43,45-46,48,52,55,60-62,66-67H,4-6,8,11,13-15,17,20,22-24,26,29,31-33,35,38,40-42,44,47,49-51,53-54,56-59H2,1-3H3,(H,65,68)/b10-7-,12-9-,19-16-,21-18-,28-25-,30-27-,37-34-,39-36-,46-43-,48-45-,55-52-. The van der Waals surface area contributed by atoms with Crippen molar-refractivity contribution < 1.29 is 24.5 Å². The highest BCUT2D eigenvalue weighted by Gasteiger charge is 2.23. The van der Waals surface area contributed by atoms with Crippen LogP contribution in [0.5, 0.6) is 0 Å². The molecule has 0 aliphatic rings. The van der Waals surface area contributed by atoms with Crippen LogP contribution in [-0.4, -0.2) is 46.9 Å². The van der Waals surface area contributed by atoms with Gasteiger partial charge in [0.1, 0.15) is 6.10 Å². The maximum Gasteiger partial charge on any atom is 0.306 e. The van der Waals surface area contributed by atoms with Gasteiger partial charge in [-0.1, -0.05) is 258 Å². The highest BCUT2D eigenvalue weighted by Crippen LogP contribution is 2.16. The monoisotopic (exact) mass is 968 g/mol. The lowest BCUT2D eigenvalue weighted by molar-refractivity contribution is -0.148. The molecular weight excluding hydrogens is 863 g/mol. The number of unbranched alkanes of at least 4 members (excludes halogenated alkanes) is 17. The molecule has 70 heavy (non-hydrogen) atoms. The molecular formula is C64H105NO5. The molecule has 0 aliphatic heterocycles. The normalized spacial score (nSPS) is 14.2. The summed E-state index contributed by atoms with van der Waals surface area (Å²) in [6, 6.07) is -0.765. The number of aliphatic hydroxyl groups excluding tert-OH is 2. The Labute approximate surface area is 431 Å². The molecule has 3 atom stereocenters. The summed E-state index contributed by atoms with van der Waals surface area (Å²) < 4.78 is 5.81. The Balaban J connectivity index is 4.82. The van der Waals surface area contributed by atoms with Crippen LogP contribution >= 0.6 is 0 Å². The first-order valence-electron chi connectivity index (χ1n) is 28.4. The van der Waals surface area contributed by atoms with E-state index >= 15 is 0 Å². The van der Waals surface area contributed by atoms with Crippen LogP contribution in [0.1, 0.15) is 233 Å². The number of nitrogens with one attached hydrogen (secondary N) is 1. The summed E-state index contributed by atoms with van der Waals surface area (Å²) in [7, 11) is 0. The van der Waals surface area contributed by atoms with Gasteiger partial charge in [0.05, 0.1) is 25.2 Å². The van der Waals surface area contributed by atoms with Gasteiger partial charge >= 0.3 is 5.97 Å². The average Bonchev–Trinajstić information content (AvgIpc) is 3.35. The molecule has 3 unspecified atom stereocenters. The van der Waals surface area contributed by atoms with Crippen molar-refractivity contribution in [2.75, 3.05) is 6.61 Å². The molecule has 6 heteroatoms. The molecule has 6 nitrogen and oxygen atoms in total. The number of ether oxygens (including phenoxy) is 1. The Kier molecular flexibility index (Phi) is 52.7. The molecule has 0 aromatic rings. The van der Waals surface area contributed by atoms with Crippen molar-refractivity contribution in [2.24, 2.45) is 0 Å².